The summed E-state index contributed by atoms with van der Waals surface area (Å²) in [5.74, 6) is 0. The summed E-state index contributed by atoms with van der Waals surface area (Å²) in [6, 6.07) is 0.228. The normalized spacial score (nSPS) is 19.9. The van der Waals surface area contributed by atoms with E-state index in [2.05, 4.69) is 4.98 Å². The number of halogens is 2. The van der Waals surface area contributed by atoms with Gasteiger partial charge in [0.05, 0.1) is 11.2 Å². The molecule has 64 valence electrons. The van der Waals surface area contributed by atoms with Crippen molar-refractivity contribution < 1.29 is 0 Å². The van der Waals surface area contributed by atoms with E-state index in [9.17, 15) is 0 Å². The number of rotatable bonds is 0. The van der Waals surface area contributed by atoms with E-state index in [1.165, 1.54) is 4.88 Å². The second kappa shape index (κ2) is 4.26. The van der Waals surface area contributed by atoms with Crippen LogP contribution in [-0.4, -0.2) is 4.98 Å². The van der Waals surface area contributed by atoms with Gasteiger partial charge in [0.25, 0.3) is 0 Å². The molecule has 1 aliphatic carbocycles. The van der Waals surface area contributed by atoms with Gasteiger partial charge in [-0.2, -0.15) is 0 Å². The zero-order valence-electron chi connectivity index (χ0n) is 5.82. The molecule has 1 aliphatic rings. The molecule has 0 bridgehead atoms. The van der Waals surface area contributed by atoms with Crippen molar-refractivity contribution in [3.05, 3.63) is 16.1 Å². The lowest BCUT2D eigenvalue weighted by atomic mass is 10.3. The standard InChI is InChI=1S/C6H8N2S.2ClH/c7-4-1-2-5-6(4)8-3-9-5;;/h3-4H,1-2,7H2;2*1H. The lowest BCUT2D eigenvalue weighted by Gasteiger charge is -1.95. The molecule has 1 heterocycles. The summed E-state index contributed by atoms with van der Waals surface area (Å²) in [6.45, 7) is 0. The van der Waals surface area contributed by atoms with Gasteiger partial charge in [-0.05, 0) is 12.8 Å². The summed E-state index contributed by atoms with van der Waals surface area (Å²) in [4.78, 5) is 5.56. The number of hydrogen-bond donors (Lipinski definition) is 1. The average molecular weight is 213 g/mol. The van der Waals surface area contributed by atoms with Gasteiger partial charge in [-0.3, -0.25) is 0 Å². The molecule has 0 fully saturated rings. The predicted octanol–water partition coefficient (Wildman–Crippen LogP) is 1.93. The molecular formula is C6H10Cl2N2S. The minimum absolute atomic E-state index is 0. The number of aryl methyl sites for hydroxylation is 1. The van der Waals surface area contributed by atoms with Crippen LogP contribution in [0.25, 0.3) is 0 Å². The Kier molecular flexibility index (Phi) is 4.32. The van der Waals surface area contributed by atoms with Crippen LogP contribution >= 0.6 is 36.2 Å². The number of nitrogens with zero attached hydrogens (tertiary/aromatic N) is 1. The van der Waals surface area contributed by atoms with E-state index < -0.39 is 0 Å². The molecule has 0 amide bonds. The Morgan fingerprint density at radius 3 is 2.91 bits per heavy atom. The van der Waals surface area contributed by atoms with Gasteiger partial charge in [0.2, 0.25) is 0 Å². The third kappa shape index (κ3) is 1.85. The SMILES string of the molecule is Cl.Cl.NC1CCc2scnc21. The van der Waals surface area contributed by atoms with Crippen LogP contribution in [0.2, 0.25) is 0 Å². The number of aromatic nitrogens is 1. The van der Waals surface area contributed by atoms with Crippen LogP contribution in [0, 0.1) is 0 Å². The third-order valence-electron chi connectivity index (χ3n) is 1.71. The first-order valence-corrected chi connectivity index (χ1v) is 3.94. The zero-order chi connectivity index (χ0) is 6.27. The molecule has 1 atom stereocenters. The summed E-state index contributed by atoms with van der Waals surface area (Å²) in [5.41, 5.74) is 8.75. The second-order valence-corrected chi connectivity index (χ2v) is 3.25. The maximum absolute atomic E-state index is 5.73. The highest BCUT2D eigenvalue weighted by molar-refractivity contribution is 7.09. The van der Waals surface area contributed by atoms with E-state index >= 15 is 0 Å². The zero-order valence-corrected chi connectivity index (χ0v) is 8.27. The molecule has 2 rings (SSSR count). The van der Waals surface area contributed by atoms with Crippen LogP contribution < -0.4 is 5.73 Å². The molecule has 11 heavy (non-hydrogen) atoms. The lowest BCUT2D eigenvalue weighted by Crippen LogP contribution is -2.05. The van der Waals surface area contributed by atoms with Crippen molar-refractivity contribution in [3.8, 4) is 0 Å². The predicted molar refractivity (Wildman–Crippen MR) is 51.9 cm³/mol. The van der Waals surface area contributed by atoms with Gasteiger partial charge in [0.15, 0.2) is 0 Å². The van der Waals surface area contributed by atoms with Crippen molar-refractivity contribution in [2.45, 2.75) is 18.9 Å². The number of nitrogens with two attached hydrogens (primary N) is 1. The molecular weight excluding hydrogens is 203 g/mol. The summed E-state index contributed by atoms with van der Waals surface area (Å²) in [7, 11) is 0. The largest absolute Gasteiger partial charge is 0.323 e. The first-order chi connectivity index (χ1) is 4.38. The van der Waals surface area contributed by atoms with Crippen molar-refractivity contribution in [1.29, 1.82) is 0 Å². The average Bonchev–Trinajstić information content (AvgIpc) is 2.35. The van der Waals surface area contributed by atoms with Gasteiger partial charge in [0, 0.05) is 10.9 Å². The van der Waals surface area contributed by atoms with Gasteiger partial charge in [0.1, 0.15) is 0 Å². The Morgan fingerprint density at radius 1 is 1.55 bits per heavy atom. The topological polar surface area (TPSA) is 38.9 Å². The Hall–Kier alpha value is 0.170. The van der Waals surface area contributed by atoms with Crippen LogP contribution in [0.3, 0.4) is 0 Å². The molecule has 0 radical (unpaired) electrons. The summed E-state index contributed by atoms with van der Waals surface area (Å²) in [6.07, 6.45) is 2.23. The molecule has 0 saturated carbocycles. The van der Waals surface area contributed by atoms with Gasteiger partial charge in [-0.15, -0.1) is 36.2 Å². The molecule has 0 aromatic carbocycles. The van der Waals surface area contributed by atoms with Gasteiger partial charge < -0.3 is 5.73 Å². The van der Waals surface area contributed by atoms with Gasteiger partial charge in [-0.1, -0.05) is 0 Å². The van der Waals surface area contributed by atoms with E-state index in [4.69, 9.17) is 5.73 Å². The van der Waals surface area contributed by atoms with Crippen LogP contribution in [0.5, 0.6) is 0 Å². The van der Waals surface area contributed by atoms with E-state index in [-0.39, 0.29) is 30.9 Å². The second-order valence-electron chi connectivity index (χ2n) is 2.31. The van der Waals surface area contributed by atoms with Crippen molar-refractivity contribution in [1.82, 2.24) is 4.98 Å². The molecule has 1 aromatic heterocycles. The van der Waals surface area contributed by atoms with E-state index in [1.807, 2.05) is 5.51 Å². The Morgan fingerprint density at radius 2 is 2.27 bits per heavy atom. The minimum atomic E-state index is 0. The first kappa shape index (κ1) is 11.2. The van der Waals surface area contributed by atoms with Crippen LogP contribution in [0.15, 0.2) is 5.51 Å². The monoisotopic (exact) mass is 212 g/mol. The fourth-order valence-corrected chi connectivity index (χ4v) is 2.05. The Labute approximate surface area is 82.0 Å². The van der Waals surface area contributed by atoms with E-state index in [1.54, 1.807) is 11.3 Å². The Balaban J connectivity index is 0.000000500. The molecule has 0 aliphatic heterocycles. The number of fused-ring (bicyclic) bond motifs is 1. The van der Waals surface area contributed by atoms with Crippen molar-refractivity contribution >= 4 is 36.2 Å². The third-order valence-corrected chi connectivity index (χ3v) is 2.61. The maximum Gasteiger partial charge on any atom is 0.0798 e. The lowest BCUT2D eigenvalue weighted by molar-refractivity contribution is 0.698. The molecule has 5 heteroatoms. The minimum Gasteiger partial charge on any atom is -0.323 e. The quantitative estimate of drug-likeness (QED) is 0.715. The fourth-order valence-electron chi connectivity index (χ4n) is 1.19. The molecule has 2 N–H and O–H groups in total. The van der Waals surface area contributed by atoms with Crippen LogP contribution in [0.1, 0.15) is 23.0 Å². The summed E-state index contributed by atoms with van der Waals surface area (Å²) >= 11 is 1.72. The smallest absolute Gasteiger partial charge is 0.0798 e. The van der Waals surface area contributed by atoms with Crippen molar-refractivity contribution in [2.24, 2.45) is 5.73 Å². The van der Waals surface area contributed by atoms with Crippen LogP contribution in [-0.2, 0) is 6.42 Å². The van der Waals surface area contributed by atoms with E-state index in [0.29, 0.717) is 0 Å². The molecule has 2 nitrogen and oxygen atoms in total. The van der Waals surface area contributed by atoms with Gasteiger partial charge >= 0.3 is 0 Å². The highest BCUT2D eigenvalue weighted by Gasteiger charge is 2.20. The van der Waals surface area contributed by atoms with Crippen molar-refractivity contribution in [3.63, 3.8) is 0 Å². The molecule has 0 spiro atoms. The first-order valence-electron chi connectivity index (χ1n) is 3.06. The van der Waals surface area contributed by atoms with Gasteiger partial charge in [-0.25, -0.2) is 4.98 Å². The van der Waals surface area contributed by atoms with Crippen molar-refractivity contribution in [2.75, 3.05) is 0 Å². The molecule has 1 unspecified atom stereocenters. The maximum atomic E-state index is 5.73. The summed E-state index contributed by atoms with van der Waals surface area (Å²) in [5, 5.41) is 0. The number of hydrogen-bond acceptors (Lipinski definition) is 3. The van der Waals surface area contributed by atoms with E-state index in [0.717, 1.165) is 18.5 Å². The molecule has 1 aromatic rings. The fraction of sp³-hybridized carbons (Fsp3) is 0.500. The van der Waals surface area contributed by atoms with Crippen LogP contribution in [0.4, 0.5) is 0 Å². The highest BCUT2D eigenvalue weighted by Crippen LogP contribution is 2.30. The Bertz CT molecular complexity index is 226. The molecule has 0 saturated heterocycles. The highest BCUT2D eigenvalue weighted by atomic mass is 35.5. The number of thiazole rings is 1. The summed E-state index contributed by atoms with van der Waals surface area (Å²) < 4.78 is 0.